The predicted molar refractivity (Wildman–Crippen MR) is 84.6 cm³/mol. The molecule has 0 unspecified atom stereocenters. The van der Waals surface area contributed by atoms with Gasteiger partial charge in [-0.05, 0) is 59.5 Å². The molecule has 0 amide bonds. The van der Waals surface area contributed by atoms with Crippen molar-refractivity contribution in [3.8, 4) is 5.75 Å². The zero-order valence-electron chi connectivity index (χ0n) is 12.2. The summed E-state index contributed by atoms with van der Waals surface area (Å²) in [6, 6.07) is 3.57. The molecule has 20 heavy (non-hydrogen) atoms. The first kappa shape index (κ1) is 15.8. The van der Waals surface area contributed by atoms with Gasteiger partial charge in [0, 0.05) is 5.56 Å². The first-order valence-corrected chi connectivity index (χ1v) is 8.59. The van der Waals surface area contributed by atoms with E-state index in [4.69, 9.17) is 0 Å². The molecule has 1 aliphatic rings. The fourth-order valence-corrected chi connectivity index (χ4v) is 3.65. The molecule has 112 valence electrons. The molecule has 0 spiro atoms. The Hall–Kier alpha value is -0.570. The van der Waals surface area contributed by atoms with Gasteiger partial charge in [-0.3, -0.25) is 0 Å². The van der Waals surface area contributed by atoms with Gasteiger partial charge < -0.3 is 5.11 Å². The van der Waals surface area contributed by atoms with E-state index in [-0.39, 0.29) is 5.75 Å². The van der Waals surface area contributed by atoms with Gasteiger partial charge in [0.15, 0.2) is 11.6 Å². The summed E-state index contributed by atoms with van der Waals surface area (Å²) in [5.74, 6) is 0.474. The van der Waals surface area contributed by atoms with Crippen LogP contribution in [-0.2, 0) is 0 Å². The standard InChI is InChI=1S/C17H24BrFO/c1-2-3-4-5-12-6-8-13(9-7-12)14-10-11-15(18)16(19)17(14)20/h10-13,20H,2-9H2,1H3. The van der Waals surface area contributed by atoms with Crippen LogP contribution in [0.3, 0.4) is 0 Å². The minimum absolute atomic E-state index is 0.159. The van der Waals surface area contributed by atoms with Crippen LogP contribution in [0.15, 0.2) is 16.6 Å². The van der Waals surface area contributed by atoms with Gasteiger partial charge in [0.2, 0.25) is 0 Å². The van der Waals surface area contributed by atoms with Crippen molar-refractivity contribution in [2.45, 2.75) is 64.2 Å². The van der Waals surface area contributed by atoms with Crippen LogP contribution in [0.25, 0.3) is 0 Å². The maximum atomic E-state index is 13.7. The zero-order valence-corrected chi connectivity index (χ0v) is 13.8. The van der Waals surface area contributed by atoms with Crippen molar-refractivity contribution in [1.29, 1.82) is 0 Å². The molecule has 1 saturated carbocycles. The molecule has 0 saturated heterocycles. The molecule has 0 aliphatic heterocycles. The highest BCUT2D eigenvalue weighted by molar-refractivity contribution is 9.10. The molecule has 2 rings (SSSR count). The van der Waals surface area contributed by atoms with Gasteiger partial charge in [-0.25, -0.2) is 4.39 Å². The van der Waals surface area contributed by atoms with Gasteiger partial charge >= 0.3 is 0 Å². The third-order valence-corrected chi connectivity index (χ3v) is 5.22. The van der Waals surface area contributed by atoms with Crippen LogP contribution in [0.2, 0.25) is 0 Å². The zero-order chi connectivity index (χ0) is 14.5. The molecule has 1 N–H and O–H groups in total. The SMILES string of the molecule is CCCCCC1CCC(c2ccc(Br)c(F)c2O)CC1. The molecule has 1 nitrogen and oxygen atoms in total. The number of rotatable bonds is 5. The van der Waals surface area contributed by atoms with Crippen LogP contribution in [0.5, 0.6) is 5.75 Å². The number of unbranched alkanes of at least 4 members (excludes halogenated alkanes) is 2. The summed E-state index contributed by atoms with van der Waals surface area (Å²) >= 11 is 3.11. The van der Waals surface area contributed by atoms with Crippen LogP contribution in [0.4, 0.5) is 4.39 Å². The molecule has 1 aromatic rings. The minimum Gasteiger partial charge on any atom is -0.505 e. The Bertz CT molecular complexity index is 439. The summed E-state index contributed by atoms with van der Waals surface area (Å²) in [4.78, 5) is 0. The molecule has 0 atom stereocenters. The molecule has 0 radical (unpaired) electrons. The summed E-state index contributed by atoms with van der Waals surface area (Å²) < 4.78 is 14.1. The summed E-state index contributed by atoms with van der Waals surface area (Å²) in [7, 11) is 0. The smallest absolute Gasteiger partial charge is 0.179 e. The summed E-state index contributed by atoms with van der Waals surface area (Å²) in [6.45, 7) is 2.24. The third-order valence-electron chi connectivity index (χ3n) is 4.60. The van der Waals surface area contributed by atoms with Crippen molar-refractivity contribution in [2.75, 3.05) is 0 Å². The van der Waals surface area contributed by atoms with E-state index < -0.39 is 5.82 Å². The van der Waals surface area contributed by atoms with Crippen molar-refractivity contribution in [1.82, 2.24) is 0 Å². The molecule has 1 aromatic carbocycles. The highest BCUT2D eigenvalue weighted by atomic mass is 79.9. The molecule has 0 aromatic heterocycles. The van der Waals surface area contributed by atoms with Crippen molar-refractivity contribution >= 4 is 15.9 Å². The second-order valence-electron chi connectivity index (χ2n) is 6.01. The summed E-state index contributed by atoms with van der Waals surface area (Å²) in [6.07, 6.45) is 9.86. The van der Waals surface area contributed by atoms with Gasteiger partial charge in [0.05, 0.1) is 4.47 Å². The van der Waals surface area contributed by atoms with Crippen molar-refractivity contribution in [3.63, 3.8) is 0 Å². The quantitative estimate of drug-likeness (QED) is 0.636. The fourth-order valence-electron chi connectivity index (χ4n) is 3.33. The molecule has 3 heteroatoms. The van der Waals surface area contributed by atoms with Crippen molar-refractivity contribution in [3.05, 3.63) is 28.0 Å². The van der Waals surface area contributed by atoms with Crippen molar-refractivity contribution in [2.24, 2.45) is 5.92 Å². The van der Waals surface area contributed by atoms with Crippen LogP contribution in [0, 0.1) is 11.7 Å². The summed E-state index contributed by atoms with van der Waals surface area (Å²) in [5, 5.41) is 9.96. The fraction of sp³-hybridized carbons (Fsp3) is 0.647. The lowest BCUT2D eigenvalue weighted by atomic mass is 9.77. The molecule has 1 aliphatic carbocycles. The second kappa shape index (κ2) is 7.44. The Kier molecular flexibility index (Phi) is 5.88. The Labute approximate surface area is 129 Å². The topological polar surface area (TPSA) is 20.2 Å². The Balaban J connectivity index is 1.92. The lowest BCUT2D eigenvalue weighted by Gasteiger charge is -2.29. The van der Waals surface area contributed by atoms with Gasteiger partial charge in [-0.1, -0.05) is 38.7 Å². The third kappa shape index (κ3) is 3.75. The number of phenols is 1. The second-order valence-corrected chi connectivity index (χ2v) is 6.87. The highest BCUT2D eigenvalue weighted by Gasteiger charge is 2.25. The number of aromatic hydroxyl groups is 1. The van der Waals surface area contributed by atoms with E-state index in [9.17, 15) is 9.50 Å². The highest BCUT2D eigenvalue weighted by Crippen LogP contribution is 2.42. The Morgan fingerprint density at radius 2 is 1.90 bits per heavy atom. The van der Waals surface area contributed by atoms with E-state index in [0.29, 0.717) is 10.4 Å². The maximum Gasteiger partial charge on any atom is 0.179 e. The lowest BCUT2D eigenvalue weighted by Crippen LogP contribution is -2.13. The van der Waals surface area contributed by atoms with E-state index in [1.54, 1.807) is 6.07 Å². The van der Waals surface area contributed by atoms with E-state index in [1.807, 2.05) is 6.07 Å². The number of phenolic OH excluding ortho intramolecular Hbond substituents is 1. The average molecular weight is 343 g/mol. The van der Waals surface area contributed by atoms with E-state index >= 15 is 0 Å². The van der Waals surface area contributed by atoms with Gasteiger partial charge in [0.1, 0.15) is 0 Å². The lowest BCUT2D eigenvalue weighted by molar-refractivity contribution is 0.297. The van der Waals surface area contributed by atoms with Crippen LogP contribution >= 0.6 is 15.9 Å². The Morgan fingerprint density at radius 3 is 2.55 bits per heavy atom. The van der Waals surface area contributed by atoms with Gasteiger partial charge in [-0.15, -0.1) is 0 Å². The number of hydrogen-bond donors (Lipinski definition) is 1. The largest absolute Gasteiger partial charge is 0.505 e. The van der Waals surface area contributed by atoms with E-state index in [1.165, 1.54) is 38.5 Å². The number of benzene rings is 1. The maximum absolute atomic E-state index is 13.7. The molecular weight excluding hydrogens is 319 g/mol. The predicted octanol–water partition coefficient (Wildman–Crippen LogP) is 6.15. The average Bonchev–Trinajstić information content (AvgIpc) is 2.46. The van der Waals surface area contributed by atoms with Crippen LogP contribution in [-0.4, -0.2) is 5.11 Å². The normalized spacial score (nSPS) is 22.9. The first-order chi connectivity index (χ1) is 9.63. The molecule has 0 bridgehead atoms. The monoisotopic (exact) mass is 342 g/mol. The van der Waals surface area contributed by atoms with Gasteiger partial charge in [-0.2, -0.15) is 0 Å². The number of hydrogen-bond acceptors (Lipinski definition) is 1. The van der Waals surface area contributed by atoms with E-state index in [0.717, 1.165) is 24.3 Å². The molecular formula is C17H24BrFO. The minimum atomic E-state index is -0.521. The molecule has 0 heterocycles. The van der Waals surface area contributed by atoms with Gasteiger partial charge in [0.25, 0.3) is 0 Å². The first-order valence-electron chi connectivity index (χ1n) is 7.80. The summed E-state index contributed by atoms with van der Waals surface area (Å²) in [5.41, 5.74) is 0.790. The van der Waals surface area contributed by atoms with Crippen LogP contribution < -0.4 is 0 Å². The van der Waals surface area contributed by atoms with Crippen molar-refractivity contribution < 1.29 is 9.50 Å². The Morgan fingerprint density at radius 1 is 1.20 bits per heavy atom. The van der Waals surface area contributed by atoms with E-state index in [2.05, 4.69) is 22.9 Å². The molecule has 1 fully saturated rings. The van der Waals surface area contributed by atoms with Crippen LogP contribution in [0.1, 0.15) is 69.8 Å². The number of halogens is 2.